The smallest absolute Gasteiger partial charge is 0.321 e. The van der Waals surface area contributed by atoms with Crippen molar-refractivity contribution in [2.24, 2.45) is 0 Å². The van der Waals surface area contributed by atoms with Crippen LogP contribution in [0.2, 0.25) is 0 Å². The zero-order valence-corrected chi connectivity index (χ0v) is 17.8. The molecule has 0 aromatic heterocycles. The van der Waals surface area contributed by atoms with Gasteiger partial charge >= 0.3 is 24.7 Å². The minimum atomic E-state index is -5.29. The first-order valence-electron chi connectivity index (χ1n) is 9.89. The predicted octanol–water partition coefficient (Wildman–Crippen LogP) is 6.14. The number of hydrogen-bond acceptors (Lipinski definition) is 2. The fourth-order valence-corrected chi connectivity index (χ4v) is 3.81. The van der Waals surface area contributed by atoms with E-state index in [9.17, 15) is 62.3 Å². The molecule has 0 radical (unpaired) electrons. The van der Waals surface area contributed by atoms with Crippen molar-refractivity contribution in [2.75, 3.05) is 0 Å². The van der Waals surface area contributed by atoms with Crippen molar-refractivity contribution >= 4 is 23.2 Å². The SMILES string of the molecule is O=C1NC(c2cc(C(F)(F)F)cc(C(F)(F)F)c2)=C2C(=O)NC(c3cc(C(F)(F)F)cc(C(F)(F)F)c3)=C12. The molecule has 0 spiro atoms. The maximum absolute atomic E-state index is 13.3. The van der Waals surface area contributed by atoms with Gasteiger partial charge in [-0.1, -0.05) is 0 Å². The van der Waals surface area contributed by atoms with Gasteiger partial charge < -0.3 is 10.6 Å². The molecule has 0 fully saturated rings. The minimum absolute atomic E-state index is 0.193. The van der Waals surface area contributed by atoms with Crippen molar-refractivity contribution in [1.29, 1.82) is 0 Å². The van der Waals surface area contributed by atoms with E-state index in [1.807, 2.05) is 10.6 Å². The zero-order chi connectivity index (χ0) is 28.6. The summed E-state index contributed by atoms with van der Waals surface area (Å²) in [5.74, 6) is -2.72. The number of fused-ring (bicyclic) bond motifs is 1. The molecule has 16 heteroatoms. The lowest BCUT2D eigenvalue weighted by Crippen LogP contribution is -2.22. The first kappa shape index (κ1) is 27.1. The number of carbonyl (C=O) groups is 2. The number of amides is 2. The largest absolute Gasteiger partial charge is 0.416 e. The third-order valence-corrected chi connectivity index (χ3v) is 5.43. The summed E-state index contributed by atoms with van der Waals surface area (Å²) >= 11 is 0. The van der Waals surface area contributed by atoms with E-state index in [4.69, 9.17) is 0 Å². The van der Waals surface area contributed by atoms with E-state index >= 15 is 0 Å². The number of nitrogens with one attached hydrogen (secondary N) is 2. The fourth-order valence-electron chi connectivity index (χ4n) is 3.81. The molecule has 0 saturated heterocycles. The Morgan fingerprint density at radius 2 is 0.658 bits per heavy atom. The first-order valence-corrected chi connectivity index (χ1v) is 9.89. The van der Waals surface area contributed by atoms with Crippen LogP contribution in [0.5, 0.6) is 0 Å². The molecular formula is C22H8F12N2O2. The topological polar surface area (TPSA) is 58.2 Å². The van der Waals surface area contributed by atoms with Crippen molar-refractivity contribution in [1.82, 2.24) is 10.6 Å². The van der Waals surface area contributed by atoms with Crippen LogP contribution >= 0.6 is 0 Å². The summed E-state index contributed by atoms with van der Waals surface area (Å²) in [4.78, 5) is 25.2. The van der Waals surface area contributed by atoms with Crippen LogP contribution in [0.4, 0.5) is 52.7 Å². The summed E-state index contributed by atoms with van der Waals surface area (Å²) in [6, 6.07) is 0.333. The number of benzene rings is 2. The Morgan fingerprint density at radius 3 is 0.868 bits per heavy atom. The van der Waals surface area contributed by atoms with Gasteiger partial charge in [0, 0.05) is 11.1 Å². The van der Waals surface area contributed by atoms with Gasteiger partial charge in [-0.2, -0.15) is 52.7 Å². The van der Waals surface area contributed by atoms with Gasteiger partial charge in [0.15, 0.2) is 0 Å². The van der Waals surface area contributed by atoms with E-state index in [2.05, 4.69) is 0 Å². The maximum Gasteiger partial charge on any atom is 0.416 e. The average molecular weight is 560 g/mol. The van der Waals surface area contributed by atoms with Crippen LogP contribution < -0.4 is 10.6 Å². The predicted molar refractivity (Wildman–Crippen MR) is 103 cm³/mol. The second kappa shape index (κ2) is 8.26. The first-order chi connectivity index (χ1) is 17.2. The van der Waals surface area contributed by atoms with E-state index in [0.717, 1.165) is 0 Å². The number of carbonyl (C=O) groups excluding carboxylic acids is 2. The van der Waals surface area contributed by atoms with E-state index < -0.39 is 92.4 Å². The summed E-state index contributed by atoms with van der Waals surface area (Å²) in [5, 5.41) is 3.78. The Hall–Kier alpha value is -3.98. The van der Waals surface area contributed by atoms with Gasteiger partial charge in [-0.05, 0) is 36.4 Å². The molecule has 2 heterocycles. The maximum atomic E-state index is 13.3. The van der Waals surface area contributed by atoms with E-state index in [1.54, 1.807) is 0 Å². The lowest BCUT2D eigenvalue weighted by molar-refractivity contribution is -0.144. The quantitative estimate of drug-likeness (QED) is 0.434. The van der Waals surface area contributed by atoms with Crippen molar-refractivity contribution < 1.29 is 62.3 Å². The van der Waals surface area contributed by atoms with Crippen LogP contribution in [0.3, 0.4) is 0 Å². The highest BCUT2D eigenvalue weighted by molar-refractivity contribution is 6.30. The van der Waals surface area contributed by atoms with Crippen molar-refractivity contribution in [3.8, 4) is 0 Å². The van der Waals surface area contributed by atoms with Gasteiger partial charge in [-0.25, -0.2) is 0 Å². The highest BCUT2D eigenvalue weighted by Crippen LogP contribution is 2.43. The van der Waals surface area contributed by atoms with Gasteiger partial charge in [0.25, 0.3) is 11.8 Å². The molecule has 0 aliphatic carbocycles. The summed E-state index contributed by atoms with van der Waals surface area (Å²) in [6.07, 6.45) is -21.2. The van der Waals surface area contributed by atoms with Crippen LogP contribution in [0.15, 0.2) is 47.5 Å². The highest BCUT2D eigenvalue weighted by Gasteiger charge is 2.44. The fraction of sp³-hybridized carbons (Fsp3) is 0.182. The molecule has 2 aliphatic rings. The Balaban J connectivity index is 1.97. The second-order valence-corrected chi connectivity index (χ2v) is 8.00. The van der Waals surface area contributed by atoms with Gasteiger partial charge in [0.05, 0.1) is 44.8 Å². The Kier molecular flexibility index (Phi) is 5.88. The Bertz CT molecular complexity index is 1270. The molecular weight excluding hydrogens is 552 g/mol. The standard InChI is InChI=1S/C22H8F12N2O2/c23-19(24,25)9-1-7(2-10(5-9)20(26,27)28)15-13-14(18(38)35-15)16(36-17(13)37)8-3-11(21(29,30)31)6-12(4-8)22(32,33)34/h1-6H,(H,35,38)(H,36,37). The van der Waals surface area contributed by atoms with E-state index in [0.29, 0.717) is 0 Å². The zero-order valence-electron chi connectivity index (χ0n) is 17.8. The lowest BCUT2D eigenvalue weighted by Gasteiger charge is -2.16. The summed E-state index contributed by atoms with van der Waals surface area (Å²) in [5.41, 5.74) is -12.5. The van der Waals surface area contributed by atoms with Crippen LogP contribution in [0.1, 0.15) is 33.4 Å². The summed E-state index contributed by atoms with van der Waals surface area (Å²) in [6.45, 7) is 0. The van der Waals surface area contributed by atoms with Crippen molar-refractivity contribution in [3.05, 3.63) is 80.9 Å². The van der Waals surface area contributed by atoms with Crippen LogP contribution in [0.25, 0.3) is 11.4 Å². The normalized spacial score (nSPS) is 16.7. The molecule has 2 aromatic carbocycles. The molecule has 2 aliphatic heterocycles. The van der Waals surface area contributed by atoms with Gasteiger partial charge in [-0.15, -0.1) is 0 Å². The molecule has 202 valence electrons. The molecule has 2 aromatic rings. The van der Waals surface area contributed by atoms with Crippen LogP contribution in [-0.4, -0.2) is 11.8 Å². The molecule has 38 heavy (non-hydrogen) atoms. The van der Waals surface area contributed by atoms with Gasteiger partial charge in [-0.3, -0.25) is 9.59 Å². The molecule has 2 amide bonds. The third-order valence-electron chi connectivity index (χ3n) is 5.43. The van der Waals surface area contributed by atoms with Crippen LogP contribution in [0, 0.1) is 0 Å². The summed E-state index contributed by atoms with van der Waals surface area (Å²) < 4.78 is 159. The number of alkyl halides is 12. The molecule has 2 N–H and O–H groups in total. The molecule has 0 bridgehead atoms. The van der Waals surface area contributed by atoms with E-state index in [1.165, 1.54) is 0 Å². The molecule has 4 nitrogen and oxygen atoms in total. The number of rotatable bonds is 2. The Morgan fingerprint density at radius 1 is 0.421 bits per heavy atom. The highest BCUT2D eigenvalue weighted by atomic mass is 19.4. The van der Waals surface area contributed by atoms with Crippen molar-refractivity contribution in [2.45, 2.75) is 24.7 Å². The number of hydrogen-bond donors (Lipinski definition) is 2. The van der Waals surface area contributed by atoms with Gasteiger partial charge in [0.1, 0.15) is 0 Å². The second-order valence-electron chi connectivity index (χ2n) is 8.00. The third kappa shape index (κ3) is 4.81. The average Bonchev–Trinajstić information content (AvgIpc) is 3.29. The summed E-state index contributed by atoms with van der Waals surface area (Å²) in [7, 11) is 0. The molecule has 0 atom stereocenters. The number of halogens is 12. The monoisotopic (exact) mass is 560 g/mol. The molecule has 0 saturated carbocycles. The van der Waals surface area contributed by atoms with E-state index in [-0.39, 0.29) is 36.4 Å². The minimum Gasteiger partial charge on any atom is -0.321 e. The molecule has 0 unspecified atom stereocenters. The van der Waals surface area contributed by atoms with Crippen molar-refractivity contribution in [3.63, 3.8) is 0 Å². The van der Waals surface area contributed by atoms with Gasteiger partial charge in [0.2, 0.25) is 0 Å². The molecule has 4 rings (SSSR count). The Labute approximate surface area is 202 Å². The lowest BCUT2D eigenvalue weighted by atomic mass is 9.97. The van der Waals surface area contributed by atoms with Crippen LogP contribution in [-0.2, 0) is 34.3 Å².